The maximum absolute atomic E-state index is 12.9. The summed E-state index contributed by atoms with van der Waals surface area (Å²) in [5.41, 5.74) is -1.73. The van der Waals surface area contributed by atoms with Crippen LogP contribution in [0.1, 0.15) is 17.5 Å². The number of carbonyl (C=O) groups is 2. The van der Waals surface area contributed by atoms with E-state index in [0.29, 0.717) is 5.56 Å². The van der Waals surface area contributed by atoms with Crippen LogP contribution >= 0.6 is 11.8 Å². The van der Waals surface area contributed by atoms with Gasteiger partial charge >= 0.3 is 11.9 Å². The Bertz CT molecular complexity index is 1040. The van der Waals surface area contributed by atoms with Crippen molar-refractivity contribution in [1.82, 2.24) is 0 Å². The van der Waals surface area contributed by atoms with Crippen molar-refractivity contribution in [3.63, 3.8) is 0 Å². The first-order chi connectivity index (χ1) is 13.6. The van der Waals surface area contributed by atoms with E-state index in [1.807, 2.05) is 0 Å². The monoisotopic (exact) mass is 424 g/mol. The van der Waals surface area contributed by atoms with Crippen molar-refractivity contribution in [3.05, 3.63) is 33.5 Å². The van der Waals surface area contributed by atoms with Crippen molar-refractivity contribution in [2.45, 2.75) is 41.8 Å². The fraction of sp³-hybridized carbons (Fsp3) is 0.421. The number of rotatable bonds is 5. The molecule has 29 heavy (non-hydrogen) atoms. The standard InChI is InChI=1S/C19H20O9S/c1-8-4-10(20)14-12(5-8)28-17-9(15(14)22)6-13(29-17)19(25,18(24)27-3)7-11(21)16(23)26-2/h4-5,11,13,20-21,25H,6-7H2,1-3H3/t11-,13?,19-/m1/s1. The van der Waals surface area contributed by atoms with Crippen molar-refractivity contribution in [1.29, 1.82) is 0 Å². The van der Waals surface area contributed by atoms with Crippen LogP contribution in [-0.4, -0.2) is 58.4 Å². The number of carbonyl (C=O) groups excluding carboxylic acids is 2. The van der Waals surface area contributed by atoms with Crippen LogP contribution in [0, 0.1) is 6.92 Å². The molecule has 1 aliphatic heterocycles. The van der Waals surface area contributed by atoms with Gasteiger partial charge in [-0.15, -0.1) is 0 Å². The number of aryl methyl sites for hydroxylation is 1. The second-order valence-corrected chi connectivity index (χ2v) is 8.00. The SMILES string of the molecule is COC(=O)[C@H](O)C[C@](O)(C(=O)OC)C1Cc2c(oc3cc(C)cc(O)c3c2=O)S1. The van der Waals surface area contributed by atoms with Gasteiger partial charge in [0.25, 0.3) is 0 Å². The number of fused-ring (bicyclic) bond motifs is 2. The van der Waals surface area contributed by atoms with E-state index in [-0.39, 0.29) is 33.8 Å². The summed E-state index contributed by atoms with van der Waals surface area (Å²) in [5.74, 6) is -2.32. The molecule has 0 aliphatic carbocycles. The molecule has 0 fully saturated rings. The third kappa shape index (κ3) is 3.59. The molecule has 0 spiro atoms. The van der Waals surface area contributed by atoms with Crippen molar-refractivity contribution < 1.29 is 38.8 Å². The molecular weight excluding hydrogens is 404 g/mol. The van der Waals surface area contributed by atoms with E-state index in [0.717, 1.165) is 26.0 Å². The number of hydrogen-bond acceptors (Lipinski definition) is 10. The molecule has 1 aliphatic rings. The summed E-state index contributed by atoms with van der Waals surface area (Å²) in [6.07, 6.45) is -2.55. The maximum atomic E-state index is 12.9. The summed E-state index contributed by atoms with van der Waals surface area (Å²) in [6, 6.07) is 3.03. The molecule has 3 rings (SSSR count). The zero-order valence-electron chi connectivity index (χ0n) is 15.9. The van der Waals surface area contributed by atoms with Crippen LogP contribution < -0.4 is 5.43 Å². The molecule has 1 aromatic carbocycles. The lowest BCUT2D eigenvalue weighted by Gasteiger charge is -2.31. The highest BCUT2D eigenvalue weighted by Gasteiger charge is 2.51. The molecule has 2 heterocycles. The minimum absolute atomic E-state index is 0.00630. The van der Waals surface area contributed by atoms with E-state index in [4.69, 9.17) is 4.42 Å². The first-order valence-electron chi connectivity index (χ1n) is 8.65. The molecule has 3 atom stereocenters. The molecule has 0 saturated heterocycles. The second-order valence-electron chi connectivity index (χ2n) is 6.82. The average Bonchev–Trinajstić information content (AvgIpc) is 3.10. The highest BCUT2D eigenvalue weighted by molar-refractivity contribution is 8.00. The second kappa shape index (κ2) is 7.69. The highest BCUT2D eigenvalue weighted by atomic mass is 32.2. The van der Waals surface area contributed by atoms with Crippen LogP contribution in [0.2, 0.25) is 0 Å². The van der Waals surface area contributed by atoms with Crippen molar-refractivity contribution in [2.75, 3.05) is 14.2 Å². The Morgan fingerprint density at radius 2 is 2.03 bits per heavy atom. The number of aromatic hydroxyl groups is 1. The minimum atomic E-state index is -2.29. The Morgan fingerprint density at radius 1 is 1.34 bits per heavy atom. The van der Waals surface area contributed by atoms with Gasteiger partial charge in [0.15, 0.2) is 16.8 Å². The summed E-state index contributed by atoms with van der Waals surface area (Å²) in [4.78, 5) is 36.8. The number of benzene rings is 1. The third-order valence-electron chi connectivity index (χ3n) is 4.86. The number of aliphatic hydroxyl groups is 2. The average molecular weight is 424 g/mol. The first-order valence-corrected chi connectivity index (χ1v) is 9.53. The Hall–Kier alpha value is -2.56. The van der Waals surface area contributed by atoms with E-state index >= 15 is 0 Å². The first kappa shape index (κ1) is 21.2. The maximum Gasteiger partial charge on any atom is 0.339 e. The number of esters is 2. The Kier molecular flexibility index (Phi) is 5.61. The number of ether oxygens (including phenoxy) is 2. The lowest BCUT2D eigenvalue weighted by atomic mass is 9.88. The molecule has 3 N–H and O–H groups in total. The molecule has 1 unspecified atom stereocenters. The molecule has 0 amide bonds. The van der Waals surface area contributed by atoms with E-state index < -0.39 is 40.7 Å². The van der Waals surface area contributed by atoms with Crippen LogP contribution in [0.3, 0.4) is 0 Å². The van der Waals surface area contributed by atoms with E-state index in [2.05, 4.69) is 9.47 Å². The van der Waals surface area contributed by atoms with Crippen LogP contribution in [0.4, 0.5) is 0 Å². The number of thioether (sulfide) groups is 1. The van der Waals surface area contributed by atoms with E-state index in [1.54, 1.807) is 13.0 Å². The lowest BCUT2D eigenvalue weighted by molar-refractivity contribution is -0.169. The van der Waals surface area contributed by atoms with Gasteiger partial charge in [-0.1, -0.05) is 11.8 Å². The number of aliphatic hydroxyl groups excluding tert-OH is 1. The number of methoxy groups -OCH3 is 2. The smallest absolute Gasteiger partial charge is 0.339 e. The summed E-state index contributed by atoms with van der Waals surface area (Å²) >= 11 is 0.926. The summed E-state index contributed by atoms with van der Waals surface area (Å²) in [5, 5.41) is 30.4. The van der Waals surface area contributed by atoms with Crippen LogP contribution in [0.5, 0.6) is 5.75 Å². The third-order valence-corrected chi connectivity index (χ3v) is 6.25. The normalized spacial score (nSPS) is 18.7. The number of phenolic OH excluding ortho intramolecular Hbond substituents is 1. The number of phenols is 1. The van der Waals surface area contributed by atoms with Gasteiger partial charge in [-0.2, -0.15) is 0 Å². The van der Waals surface area contributed by atoms with Gasteiger partial charge in [-0.3, -0.25) is 4.79 Å². The predicted octanol–water partition coefficient (Wildman–Crippen LogP) is 0.652. The molecule has 10 heteroatoms. The van der Waals surface area contributed by atoms with Crippen LogP contribution in [-0.2, 0) is 25.5 Å². The largest absolute Gasteiger partial charge is 0.507 e. The Morgan fingerprint density at radius 3 is 2.66 bits per heavy atom. The lowest BCUT2D eigenvalue weighted by Crippen LogP contribution is -2.52. The predicted molar refractivity (Wildman–Crippen MR) is 102 cm³/mol. The number of hydrogen-bond donors (Lipinski definition) is 3. The van der Waals surface area contributed by atoms with Gasteiger partial charge < -0.3 is 29.2 Å². The van der Waals surface area contributed by atoms with Crippen molar-refractivity contribution in [3.8, 4) is 5.75 Å². The summed E-state index contributed by atoms with van der Waals surface area (Å²) in [6.45, 7) is 1.73. The Balaban J connectivity index is 2.04. The molecule has 2 aromatic rings. The molecular formula is C19H20O9S. The van der Waals surface area contributed by atoms with Gasteiger partial charge in [-0.25, -0.2) is 9.59 Å². The fourth-order valence-electron chi connectivity index (χ4n) is 3.38. The van der Waals surface area contributed by atoms with Gasteiger partial charge in [0, 0.05) is 6.42 Å². The molecule has 1 aromatic heterocycles. The van der Waals surface area contributed by atoms with E-state index in [1.165, 1.54) is 6.07 Å². The van der Waals surface area contributed by atoms with Crippen LogP contribution in [0.15, 0.2) is 26.4 Å². The van der Waals surface area contributed by atoms with Crippen molar-refractivity contribution in [2.24, 2.45) is 0 Å². The minimum Gasteiger partial charge on any atom is -0.507 e. The highest BCUT2D eigenvalue weighted by Crippen LogP contribution is 2.44. The molecule has 0 bridgehead atoms. The zero-order chi connectivity index (χ0) is 21.5. The van der Waals surface area contributed by atoms with E-state index in [9.17, 15) is 29.7 Å². The van der Waals surface area contributed by atoms with Gasteiger partial charge in [0.1, 0.15) is 16.7 Å². The van der Waals surface area contributed by atoms with Crippen molar-refractivity contribution >= 4 is 34.7 Å². The van der Waals surface area contributed by atoms with Gasteiger partial charge in [-0.05, 0) is 31.0 Å². The summed E-state index contributed by atoms with van der Waals surface area (Å²) in [7, 11) is 2.12. The van der Waals surface area contributed by atoms with Gasteiger partial charge in [0.05, 0.1) is 25.0 Å². The molecule has 156 valence electrons. The molecule has 0 saturated carbocycles. The fourth-order valence-corrected chi connectivity index (χ4v) is 4.73. The van der Waals surface area contributed by atoms with Gasteiger partial charge in [0.2, 0.25) is 5.43 Å². The summed E-state index contributed by atoms with van der Waals surface area (Å²) < 4.78 is 14.9. The molecule has 0 radical (unpaired) electrons. The van der Waals surface area contributed by atoms with Crippen LogP contribution in [0.25, 0.3) is 11.0 Å². The Labute approximate surface area is 169 Å². The molecule has 9 nitrogen and oxygen atoms in total. The topological polar surface area (TPSA) is 144 Å². The quantitative estimate of drug-likeness (QED) is 0.585. The zero-order valence-corrected chi connectivity index (χ0v) is 16.7.